The number of H-pyrrole nitrogens is 1. The summed E-state index contributed by atoms with van der Waals surface area (Å²) in [6.45, 7) is 6.58. The van der Waals surface area contributed by atoms with Crippen molar-refractivity contribution < 1.29 is 9.53 Å². The second-order valence-corrected chi connectivity index (χ2v) is 6.85. The molecule has 1 amide bonds. The van der Waals surface area contributed by atoms with E-state index in [4.69, 9.17) is 4.74 Å². The SMILES string of the molecule is CCCCCCN1CC2(CCN(Cc3ncc[nH]3)CC2)OC1=O. The summed E-state index contributed by atoms with van der Waals surface area (Å²) >= 11 is 0. The summed E-state index contributed by atoms with van der Waals surface area (Å²) in [5.74, 6) is 1.00. The summed E-state index contributed by atoms with van der Waals surface area (Å²) in [6, 6.07) is 0. The van der Waals surface area contributed by atoms with Crippen molar-refractivity contribution in [1.29, 1.82) is 0 Å². The lowest BCUT2D eigenvalue weighted by Gasteiger charge is -2.37. The number of carbonyl (C=O) groups is 1. The van der Waals surface area contributed by atoms with Gasteiger partial charge in [-0.1, -0.05) is 26.2 Å². The Morgan fingerprint density at radius 2 is 2.13 bits per heavy atom. The molecule has 2 fully saturated rings. The van der Waals surface area contributed by atoms with Crippen molar-refractivity contribution in [2.75, 3.05) is 26.2 Å². The number of hydrogen-bond donors (Lipinski definition) is 1. The average Bonchev–Trinajstić information content (AvgIpc) is 3.15. The monoisotopic (exact) mass is 320 g/mol. The molecule has 2 saturated heterocycles. The second-order valence-electron chi connectivity index (χ2n) is 6.85. The molecule has 0 radical (unpaired) electrons. The number of likely N-dealkylation sites (tertiary alicyclic amines) is 1. The smallest absolute Gasteiger partial charge is 0.410 e. The number of rotatable bonds is 7. The Balaban J connectivity index is 1.45. The molecule has 0 aromatic carbocycles. The highest BCUT2D eigenvalue weighted by molar-refractivity contribution is 5.70. The van der Waals surface area contributed by atoms with Crippen LogP contribution in [-0.4, -0.2) is 57.6 Å². The first kappa shape index (κ1) is 16.3. The normalized spacial score (nSPS) is 21.1. The van der Waals surface area contributed by atoms with Crippen molar-refractivity contribution in [1.82, 2.24) is 19.8 Å². The maximum absolute atomic E-state index is 12.1. The predicted octanol–water partition coefficient (Wildman–Crippen LogP) is 2.78. The molecule has 128 valence electrons. The third-order valence-corrected chi connectivity index (χ3v) is 5.02. The number of nitrogens with one attached hydrogen (secondary N) is 1. The van der Waals surface area contributed by atoms with Gasteiger partial charge in [-0.2, -0.15) is 0 Å². The highest BCUT2D eigenvalue weighted by Gasteiger charge is 2.46. The van der Waals surface area contributed by atoms with E-state index in [0.717, 1.165) is 57.8 Å². The van der Waals surface area contributed by atoms with Crippen LogP contribution in [0.5, 0.6) is 0 Å². The number of aromatic amines is 1. The quantitative estimate of drug-likeness (QED) is 0.785. The summed E-state index contributed by atoms with van der Waals surface area (Å²) in [4.78, 5) is 23.8. The van der Waals surface area contributed by atoms with E-state index in [0.29, 0.717) is 0 Å². The minimum Gasteiger partial charge on any atom is -0.441 e. The lowest BCUT2D eigenvalue weighted by molar-refractivity contribution is -0.00175. The number of unbranched alkanes of at least 4 members (excludes halogenated alkanes) is 3. The third kappa shape index (κ3) is 4.05. The Labute approximate surface area is 138 Å². The number of aromatic nitrogens is 2. The van der Waals surface area contributed by atoms with Crippen molar-refractivity contribution in [3.05, 3.63) is 18.2 Å². The Morgan fingerprint density at radius 1 is 1.30 bits per heavy atom. The van der Waals surface area contributed by atoms with E-state index in [1.807, 2.05) is 11.1 Å². The van der Waals surface area contributed by atoms with Gasteiger partial charge in [0.2, 0.25) is 0 Å². The molecular formula is C17H28N4O2. The number of piperidine rings is 1. The van der Waals surface area contributed by atoms with Crippen molar-refractivity contribution in [3.8, 4) is 0 Å². The lowest BCUT2D eigenvalue weighted by Crippen LogP contribution is -2.46. The highest BCUT2D eigenvalue weighted by Crippen LogP contribution is 2.33. The largest absolute Gasteiger partial charge is 0.441 e. The molecule has 3 rings (SSSR count). The van der Waals surface area contributed by atoms with Gasteiger partial charge in [0.05, 0.1) is 13.1 Å². The highest BCUT2D eigenvalue weighted by atomic mass is 16.6. The Bertz CT molecular complexity index is 495. The van der Waals surface area contributed by atoms with Gasteiger partial charge in [-0.3, -0.25) is 4.90 Å². The van der Waals surface area contributed by atoms with E-state index in [-0.39, 0.29) is 11.7 Å². The first-order valence-electron chi connectivity index (χ1n) is 8.89. The minimum atomic E-state index is -0.249. The molecule has 0 aliphatic carbocycles. The van der Waals surface area contributed by atoms with Gasteiger partial charge in [0, 0.05) is 44.9 Å². The summed E-state index contributed by atoms with van der Waals surface area (Å²) in [6.07, 6.45) is 10.1. The van der Waals surface area contributed by atoms with Crippen LogP contribution in [0.2, 0.25) is 0 Å². The molecule has 0 unspecified atom stereocenters. The van der Waals surface area contributed by atoms with Gasteiger partial charge >= 0.3 is 6.09 Å². The van der Waals surface area contributed by atoms with E-state index >= 15 is 0 Å². The number of hydrogen-bond acceptors (Lipinski definition) is 4. The fourth-order valence-corrected chi connectivity index (χ4v) is 3.57. The van der Waals surface area contributed by atoms with Crippen LogP contribution in [0.15, 0.2) is 12.4 Å². The molecule has 23 heavy (non-hydrogen) atoms. The van der Waals surface area contributed by atoms with Gasteiger partial charge in [-0.15, -0.1) is 0 Å². The van der Waals surface area contributed by atoms with Gasteiger partial charge in [0.25, 0.3) is 0 Å². The molecule has 2 aliphatic heterocycles. The molecular weight excluding hydrogens is 292 g/mol. The zero-order valence-electron chi connectivity index (χ0n) is 14.1. The first-order chi connectivity index (χ1) is 11.2. The zero-order chi connectivity index (χ0) is 16.1. The second kappa shape index (κ2) is 7.34. The van der Waals surface area contributed by atoms with E-state index in [9.17, 15) is 4.79 Å². The number of ether oxygens (including phenoxy) is 1. The van der Waals surface area contributed by atoms with Gasteiger partial charge in [0.1, 0.15) is 11.4 Å². The number of carbonyl (C=O) groups excluding carboxylic acids is 1. The molecule has 6 nitrogen and oxygen atoms in total. The molecule has 1 spiro atoms. The summed E-state index contributed by atoms with van der Waals surface area (Å²) < 4.78 is 5.78. The van der Waals surface area contributed by atoms with Gasteiger partial charge in [-0.05, 0) is 6.42 Å². The fraction of sp³-hybridized carbons (Fsp3) is 0.765. The summed E-state index contributed by atoms with van der Waals surface area (Å²) in [5, 5.41) is 0. The van der Waals surface area contributed by atoms with Crippen molar-refractivity contribution in [2.24, 2.45) is 0 Å². The van der Waals surface area contributed by atoms with Crippen LogP contribution < -0.4 is 0 Å². The molecule has 0 atom stereocenters. The van der Waals surface area contributed by atoms with Crippen molar-refractivity contribution >= 4 is 6.09 Å². The number of nitrogens with zero attached hydrogens (tertiary/aromatic N) is 3. The van der Waals surface area contributed by atoms with Gasteiger partial charge < -0.3 is 14.6 Å². The molecule has 1 N–H and O–H groups in total. The minimum absolute atomic E-state index is 0.110. The van der Waals surface area contributed by atoms with E-state index in [1.165, 1.54) is 19.3 Å². The van der Waals surface area contributed by atoms with Crippen molar-refractivity contribution in [3.63, 3.8) is 0 Å². The van der Waals surface area contributed by atoms with Crippen LogP contribution in [0.1, 0.15) is 51.3 Å². The van der Waals surface area contributed by atoms with Crippen molar-refractivity contribution in [2.45, 2.75) is 57.6 Å². The molecule has 2 aliphatic rings. The Kier molecular flexibility index (Phi) is 5.20. The molecule has 1 aromatic heterocycles. The molecule has 0 saturated carbocycles. The van der Waals surface area contributed by atoms with E-state index in [1.54, 1.807) is 6.20 Å². The fourth-order valence-electron chi connectivity index (χ4n) is 3.57. The van der Waals surface area contributed by atoms with E-state index < -0.39 is 0 Å². The summed E-state index contributed by atoms with van der Waals surface area (Å²) in [5.41, 5.74) is -0.249. The third-order valence-electron chi connectivity index (χ3n) is 5.02. The van der Waals surface area contributed by atoms with Crippen LogP contribution in [-0.2, 0) is 11.3 Å². The van der Waals surface area contributed by atoms with Crippen LogP contribution in [0.4, 0.5) is 4.79 Å². The number of amides is 1. The lowest BCUT2D eigenvalue weighted by atomic mass is 9.91. The Morgan fingerprint density at radius 3 is 2.83 bits per heavy atom. The molecule has 0 bridgehead atoms. The van der Waals surface area contributed by atoms with Crippen LogP contribution >= 0.6 is 0 Å². The number of imidazole rings is 1. The van der Waals surface area contributed by atoms with E-state index in [2.05, 4.69) is 21.8 Å². The van der Waals surface area contributed by atoms with Gasteiger partial charge in [-0.25, -0.2) is 9.78 Å². The van der Waals surface area contributed by atoms with Crippen LogP contribution in [0.25, 0.3) is 0 Å². The summed E-state index contributed by atoms with van der Waals surface area (Å²) in [7, 11) is 0. The molecule has 6 heteroatoms. The standard InChI is InChI=1S/C17H28N4O2/c1-2-3-4-5-10-21-14-17(23-16(21)22)6-11-20(12-7-17)13-15-18-8-9-19-15/h8-9H,2-7,10-14H2,1H3,(H,18,19). The molecule has 3 heterocycles. The first-order valence-corrected chi connectivity index (χ1v) is 8.89. The van der Waals surface area contributed by atoms with Crippen LogP contribution in [0, 0.1) is 0 Å². The maximum atomic E-state index is 12.1. The zero-order valence-corrected chi connectivity index (χ0v) is 14.1. The Hall–Kier alpha value is -1.56. The molecule has 1 aromatic rings. The van der Waals surface area contributed by atoms with Gasteiger partial charge in [0.15, 0.2) is 0 Å². The average molecular weight is 320 g/mol. The topological polar surface area (TPSA) is 61.5 Å². The predicted molar refractivity (Wildman–Crippen MR) is 88.0 cm³/mol. The van der Waals surface area contributed by atoms with Crippen LogP contribution in [0.3, 0.4) is 0 Å². The maximum Gasteiger partial charge on any atom is 0.410 e.